The second-order valence-corrected chi connectivity index (χ2v) is 7.05. The maximum atomic E-state index is 11.5. The van der Waals surface area contributed by atoms with Crippen LogP contribution in [0, 0.1) is 0 Å². The van der Waals surface area contributed by atoms with E-state index in [0.29, 0.717) is 5.92 Å². The summed E-state index contributed by atoms with van der Waals surface area (Å²) in [5, 5.41) is 7.77. The lowest BCUT2D eigenvalue weighted by Gasteiger charge is -2.31. The number of nitrogens with zero attached hydrogens (tertiary/aromatic N) is 3. The van der Waals surface area contributed by atoms with Crippen LogP contribution >= 0.6 is 0 Å². The number of rotatable bonds is 6. The highest BCUT2D eigenvalue weighted by molar-refractivity contribution is 5.23. The Morgan fingerprint density at radius 3 is 2.65 bits per heavy atom. The lowest BCUT2D eigenvalue weighted by atomic mass is 9.93. The maximum Gasteiger partial charge on any atom is 0.325 e. The van der Waals surface area contributed by atoms with E-state index in [0.717, 1.165) is 45.4 Å². The summed E-state index contributed by atoms with van der Waals surface area (Å²) in [5.41, 5.74) is 3.65. The number of aromatic amines is 2. The van der Waals surface area contributed by atoms with Crippen LogP contribution in [0.1, 0.15) is 35.7 Å². The average Bonchev–Trinajstić information content (AvgIpc) is 3.30. The molecule has 3 heterocycles. The Morgan fingerprint density at radius 2 is 1.92 bits per heavy atom. The zero-order valence-electron chi connectivity index (χ0n) is 14.9. The summed E-state index contributed by atoms with van der Waals surface area (Å²) in [6.07, 6.45) is 6.65. The summed E-state index contributed by atoms with van der Waals surface area (Å²) in [6.45, 7) is 3.79. The lowest BCUT2D eigenvalue weighted by molar-refractivity contribution is 0.203. The largest absolute Gasteiger partial charge is 0.325 e. The van der Waals surface area contributed by atoms with E-state index < -0.39 is 0 Å². The minimum Gasteiger partial charge on any atom is -0.313 e. The van der Waals surface area contributed by atoms with Crippen molar-refractivity contribution in [3.8, 4) is 0 Å². The third kappa shape index (κ3) is 3.96. The first kappa shape index (κ1) is 16.8. The predicted molar refractivity (Wildman–Crippen MR) is 101 cm³/mol. The zero-order valence-corrected chi connectivity index (χ0v) is 14.9. The van der Waals surface area contributed by atoms with Crippen molar-refractivity contribution in [3.63, 3.8) is 0 Å². The number of hydrogen-bond donors (Lipinski definition) is 2. The van der Waals surface area contributed by atoms with Crippen LogP contribution < -0.4 is 5.69 Å². The second-order valence-electron chi connectivity index (χ2n) is 7.05. The summed E-state index contributed by atoms with van der Waals surface area (Å²) < 4.78 is 1.73. The fraction of sp³-hybridized carbons (Fsp3) is 0.400. The number of H-pyrrole nitrogens is 2. The van der Waals surface area contributed by atoms with Crippen molar-refractivity contribution in [3.05, 3.63) is 76.2 Å². The molecule has 6 heteroatoms. The van der Waals surface area contributed by atoms with Crippen LogP contribution in [0.25, 0.3) is 0 Å². The fourth-order valence-corrected chi connectivity index (χ4v) is 3.72. The van der Waals surface area contributed by atoms with Crippen molar-refractivity contribution in [2.24, 2.45) is 0 Å². The van der Waals surface area contributed by atoms with Gasteiger partial charge in [-0.3, -0.25) is 9.67 Å². The van der Waals surface area contributed by atoms with Gasteiger partial charge in [-0.1, -0.05) is 30.3 Å². The third-order valence-electron chi connectivity index (χ3n) is 5.27. The first-order valence-corrected chi connectivity index (χ1v) is 9.32. The zero-order chi connectivity index (χ0) is 17.8. The van der Waals surface area contributed by atoms with Crippen molar-refractivity contribution in [2.45, 2.75) is 31.7 Å². The molecule has 6 nitrogen and oxygen atoms in total. The molecule has 0 unspecified atom stereocenters. The summed E-state index contributed by atoms with van der Waals surface area (Å²) in [5.74, 6) is 0.530. The third-order valence-corrected chi connectivity index (χ3v) is 5.27. The number of aromatic nitrogens is 4. The maximum absolute atomic E-state index is 11.5. The molecule has 1 aliphatic heterocycles. The molecule has 0 spiro atoms. The van der Waals surface area contributed by atoms with E-state index in [2.05, 4.69) is 50.4 Å². The number of likely N-dealkylation sites (tertiary alicyclic amines) is 1. The molecule has 0 bridgehead atoms. The summed E-state index contributed by atoms with van der Waals surface area (Å²) >= 11 is 0. The number of imidazole rings is 1. The Bertz CT molecular complexity index is 871. The smallest absolute Gasteiger partial charge is 0.313 e. The molecule has 136 valence electrons. The minimum atomic E-state index is -0.0256. The molecule has 0 saturated carbocycles. The predicted octanol–water partition coefficient (Wildman–Crippen LogP) is 2.37. The molecule has 0 atom stereocenters. The van der Waals surface area contributed by atoms with Crippen LogP contribution in [-0.2, 0) is 13.0 Å². The molecule has 1 saturated heterocycles. The van der Waals surface area contributed by atoms with Gasteiger partial charge in [0.25, 0.3) is 0 Å². The number of nitrogens with one attached hydrogen (secondary N) is 2. The van der Waals surface area contributed by atoms with Crippen LogP contribution in [0.15, 0.2) is 53.6 Å². The summed E-state index contributed by atoms with van der Waals surface area (Å²) in [7, 11) is 0. The molecule has 1 aromatic carbocycles. The van der Waals surface area contributed by atoms with Gasteiger partial charge in [-0.05, 0) is 37.6 Å². The van der Waals surface area contributed by atoms with Crippen LogP contribution in [0.2, 0.25) is 0 Å². The normalized spacial score (nSPS) is 16.2. The van der Waals surface area contributed by atoms with Crippen LogP contribution in [-0.4, -0.2) is 44.3 Å². The Labute approximate surface area is 152 Å². The van der Waals surface area contributed by atoms with Crippen molar-refractivity contribution in [1.29, 1.82) is 0 Å². The Kier molecular flexibility index (Phi) is 5.02. The number of hydrogen-bond acceptors (Lipinski definition) is 3. The van der Waals surface area contributed by atoms with Gasteiger partial charge in [0.15, 0.2) is 0 Å². The Hall–Kier alpha value is -2.60. The van der Waals surface area contributed by atoms with Crippen LogP contribution in [0.5, 0.6) is 0 Å². The first-order chi connectivity index (χ1) is 12.8. The summed E-state index contributed by atoms with van der Waals surface area (Å²) in [4.78, 5) is 16.7. The quantitative estimate of drug-likeness (QED) is 0.716. The molecule has 1 fully saturated rings. The van der Waals surface area contributed by atoms with Crippen LogP contribution in [0.4, 0.5) is 0 Å². The lowest BCUT2D eigenvalue weighted by Crippen LogP contribution is -2.36. The Morgan fingerprint density at radius 1 is 1.12 bits per heavy atom. The SMILES string of the molecule is O=c1[nH]ccn1CCN1CCC(c2cc(Cc3ccccc3)[nH]n2)CC1. The van der Waals surface area contributed by atoms with Crippen LogP contribution in [0.3, 0.4) is 0 Å². The van der Waals surface area contributed by atoms with Gasteiger partial charge >= 0.3 is 5.69 Å². The van der Waals surface area contributed by atoms with Gasteiger partial charge in [0, 0.05) is 43.5 Å². The topological polar surface area (TPSA) is 69.7 Å². The minimum absolute atomic E-state index is 0.0256. The molecule has 26 heavy (non-hydrogen) atoms. The van der Waals surface area contributed by atoms with Gasteiger partial charge in [-0.2, -0.15) is 5.10 Å². The van der Waals surface area contributed by atoms with E-state index in [1.807, 2.05) is 12.3 Å². The van der Waals surface area contributed by atoms with Gasteiger partial charge in [-0.15, -0.1) is 0 Å². The van der Waals surface area contributed by atoms with Gasteiger partial charge in [-0.25, -0.2) is 4.79 Å². The number of benzene rings is 1. The molecule has 4 rings (SSSR count). The molecule has 0 amide bonds. The van der Waals surface area contributed by atoms with E-state index in [4.69, 9.17) is 0 Å². The highest BCUT2D eigenvalue weighted by Gasteiger charge is 2.22. The molecule has 0 aliphatic carbocycles. The van der Waals surface area contributed by atoms with Gasteiger partial charge in [0.2, 0.25) is 0 Å². The van der Waals surface area contributed by atoms with E-state index in [-0.39, 0.29) is 5.69 Å². The Balaban J connectivity index is 1.28. The number of piperidine rings is 1. The highest BCUT2D eigenvalue weighted by Crippen LogP contribution is 2.27. The molecule has 1 aliphatic rings. The van der Waals surface area contributed by atoms with E-state index >= 15 is 0 Å². The molecule has 2 N–H and O–H groups in total. The van der Waals surface area contributed by atoms with Crippen molar-refractivity contribution >= 4 is 0 Å². The standard InChI is InChI=1S/C20H25N5O/c26-20-21-8-11-25(20)13-12-24-9-6-17(7-10-24)19-15-18(22-23-19)14-16-4-2-1-3-5-16/h1-5,8,11,15,17H,6-7,9-10,12-14H2,(H,21,26)(H,22,23). The molecule has 3 aromatic rings. The van der Waals surface area contributed by atoms with E-state index in [1.165, 1.54) is 17.0 Å². The average molecular weight is 351 g/mol. The second kappa shape index (κ2) is 7.74. The molecular formula is C20H25N5O. The van der Waals surface area contributed by atoms with Gasteiger partial charge in [0.05, 0.1) is 5.69 Å². The molecule has 0 radical (unpaired) electrons. The fourth-order valence-electron chi connectivity index (χ4n) is 3.72. The van der Waals surface area contributed by atoms with Crippen molar-refractivity contribution < 1.29 is 0 Å². The molecule has 2 aromatic heterocycles. The van der Waals surface area contributed by atoms with Crippen molar-refractivity contribution in [1.82, 2.24) is 24.6 Å². The van der Waals surface area contributed by atoms with Gasteiger partial charge < -0.3 is 9.88 Å². The van der Waals surface area contributed by atoms with E-state index in [9.17, 15) is 4.79 Å². The molecular weight excluding hydrogens is 326 g/mol. The monoisotopic (exact) mass is 351 g/mol. The van der Waals surface area contributed by atoms with E-state index in [1.54, 1.807) is 10.8 Å². The highest BCUT2D eigenvalue weighted by atomic mass is 16.1. The summed E-state index contributed by atoms with van der Waals surface area (Å²) in [6, 6.07) is 12.7. The van der Waals surface area contributed by atoms with Crippen molar-refractivity contribution in [2.75, 3.05) is 19.6 Å². The van der Waals surface area contributed by atoms with Gasteiger partial charge in [0.1, 0.15) is 0 Å². The first-order valence-electron chi connectivity index (χ1n) is 9.32.